The molecular formula is C19H29NO2. The molecule has 1 aromatic heterocycles. The Labute approximate surface area is 134 Å². The predicted molar refractivity (Wildman–Crippen MR) is 92.8 cm³/mol. The van der Waals surface area contributed by atoms with E-state index in [2.05, 4.69) is 65.9 Å². The van der Waals surface area contributed by atoms with Crippen molar-refractivity contribution in [1.82, 2.24) is 5.32 Å². The molecule has 0 bridgehead atoms. The van der Waals surface area contributed by atoms with Gasteiger partial charge in [-0.15, -0.1) is 0 Å². The molecule has 0 amide bonds. The fraction of sp³-hybridized carbons (Fsp3) is 0.579. The average molecular weight is 303 g/mol. The van der Waals surface area contributed by atoms with Crippen LogP contribution >= 0.6 is 0 Å². The maximum absolute atomic E-state index is 5.99. The van der Waals surface area contributed by atoms with E-state index in [1.807, 2.05) is 12.1 Å². The first-order valence-corrected chi connectivity index (χ1v) is 8.00. The molecule has 3 heteroatoms. The second kappa shape index (κ2) is 5.96. The number of rotatable bonds is 4. The monoisotopic (exact) mass is 303 g/mol. The molecule has 0 aliphatic heterocycles. The van der Waals surface area contributed by atoms with E-state index in [9.17, 15) is 0 Å². The lowest BCUT2D eigenvalue weighted by atomic mass is 9.93. The van der Waals surface area contributed by atoms with E-state index in [-0.39, 0.29) is 17.1 Å². The summed E-state index contributed by atoms with van der Waals surface area (Å²) < 4.78 is 12.0. The van der Waals surface area contributed by atoms with Crippen molar-refractivity contribution in [3.05, 3.63) is 30.0 Å². The topological polar surface area (TPSA) is 34.4 Å². The van der Waals surface area contributed by atoms with Crippen molar-refractivity contribution in [1.29, 1.82) is 0 Å². The number of furan rings is 1. The molecule has 122 valence electrons. The van der Waals surface area contributed by atoms with Gasteiger partial charge in [-0.2, -0.15) is 0 Å². The summed E-state index contributed by atoms with van der Waals surface area (Å²) in [5.41, 5.74) is 1.01. The Bertz CT molecular complexity index is 629. The minimum absolute atomic E-state index is 0.0178. The molecule has 0 fully saturated rings. The van der Waals surface area contributed by atoms with Crippen LogP contribution in [0.15, 0.2) is 28.7 Å². The first kappa shape index (κ1) is 16.9. The Hall–Kier alpha value is -1.48. The zero-order chi connectivity index (χ0) is 16.5. The van der Waals surface area contributed by atoms with Crippen molar-refractivity contribution in [3.8, 4) is 5.75 Å². The van der Waals surface area contributed by atoms with Gasteiger partial charge in [0.25, 0.3) is 0 Å². The highest BCUT2D eigenvalue weighted by Crippen LogP contribution is 2.31. The van der Waals surface area contributed by atoms with Crippen molar-refractivity contribution >= 4 is 11.0 Å². The van der Waals surface area contributed by atoms with Gasteiger partial charge in [-0.05, 0) is 45.9 Å². The van der Waals surface area contributed by atoms with Crippen LogP contribution in [-0.4, -0.2) is 18.2 Å². The van der Waals surface area contributed by atoms with Crippen LogP contribution in [0.2, 0.25) is 0 Å². The third-order valence-corrected chi connectivity index (χ3v) is 3.49. The third-order valence-electron chi connectivity index (χ3n) is 3.49. The summed E-state index contributed by atoms with van der Waals surface area (Å²) in [6, 6.07) is 8.17. The van der Waals surface area contributed by atoms with Gasteiger partial charge in [0.1, 0.15) is 23.2 Å². The molecule has 1 N–H and O–H groups in total. The molecule has 0 aliphatic carbocycles. The SMILES string of the molecule is CC(CNC(C)(C)C)Oc1ccc2cc(C(C)(C)C)oc2c1. The maximum Gasteiger partial charge on any atom is 0.137 e. The van der Waals surface area contributed by atoms with Gasteiger partial charge in [-0.25, -0.2) is 0 Å². The Morgan fingerprint density at radius 2 is 1.77 bits per heavy atom. The predicted octanol–water partition coefficient (Wildman–Crippen LogP) is 4.89. The summed E-state index contributed by atoms with van der Waals surface area (Å²) >= 11 is 0. The first-order valence-electron chi connectivity index (χ1n) is 8.00. The molecule has 22 heavy (non-hydrogen) atoms. The van der Waals surface area contributed by atoms with Gasteiger partial charge < -0.3 is 14.5 Å². The van der Waals surface area contributed by atoms with Crippen molar-refractivity contribution in [2.75, 3.05) is 6.54 Å². The van der Waals surface area contributed by atoms with Gasteiger partial charge in [0.2, 0.25) is 0 Å². The molecule has 1 atom stereocenters. The summed E-state index contributed by atoms with van der Waals surface area (Å²) in [6.45, 7) is 15.8. The maximum atomic E-state index is 5.99. The zero-order valence-electron chi connectivity index (χ0n) is 14.9. The van der Waals surface area contributed by atoms with Crippen LogP contribution in [-0.2, 0) is 5.41 Å². The largest absolute Gasteiger partial charge is 0.489 e. The summed E-state index contributed by atoms with van der Waals surface area (Å²) in [5, 5.41) is 4.58. The molecule has 2 aromatic rings. The number of hydrogen-bond acceptors (Lipinski definition) is 3. The lowest BCUT2D eigenvalue weighted by molar-refractivity contribution is 0.203. The van der Waals surface area contributed by atoms with E-state index in [1.165, 1.54) is 0 Å². The van der Waals surface area contributed by atoms with Gasteiger partial charge in [0.05, 0.1) is 0 Å². The smallest absolute Gasteiger partial charge is 0.137 e. The normalized spacial score (nSPS) is 14.3. The molecule has 1 heterocycles. The Morgan fingerprint density at radius 3 is 2.36 bits per heavy atom. The Kier molecular flexibility index (Phi) is 4.57. The summed E-state index contributed by atoms with van der Waals surface area (Å²) in [7, 11) is 0. The van der Waals surface area contributed by atoms with Crippen molar-refractivity contribution in [3.63, 3.8) is 0 Å². The molecule has 0 saturated carbocycles. The molecule has 1 aromatic carbocycles. The number of fused-ring (bicyclic) bond motifs is 1. The zero-order valence-corrected chi connectivity index (χ0v) is 14.9. The van der Waals surface area contributed by atoms with Crippen LogP contribution in [0.4, 0.5) is 0 Å². The van der Waals surface area contributed by atoms with E-state index < -0.39 is 0 Å². The first-order chi connectivity index (χ1) is 10.0. The average Bonchev–Trinajstić information content (AvgIpc) is 2.78. The van der Waals surface area contributed by atoms with Gasteiger partial charge in [-0.3, -0.25) is 0 Å². The van der Waals surface area contributed by atoms with Gasteiger partial charge in [-0.1, -0.05) is 20.8 Å². The molecule has 0 aliphatic rings. The summed E-state index contributed by atoms with van der Waals surface area (Å²) in [6.07, 6.45) is 0.105. The van der Waals surface area contributed by atoms with Crippen LogP contribution < -0.4 is 10.1 Å². The lowest BCUT2D eigenvalue weighted by Gasteiger charge is -2.24. The van der Waals surface area contributed by atoms with Crippen molar-refractivity contribution in [2.24, 2.45) is 0 Å². The second-order valence-electron chi connectivity index (χ2n) is 8.12. The van der Waals surface area contributed by atoms with E-state index in [4.69, 9.17) is 9.15 Å². The van der Waals surface area contributed by atoms with E-state index >= 15 is 0 Å². The van der Waals surface area contributed by atoms with Crippen LogP contribution in [0.5, 0.6) is 5.75 Å². The minimum atomic E-state index is 0.0178. The molecule has 0 saturated heterocycles. The fourth-order valence-electron chi connectivity index (χ4n) is 2.18. The number of hydrogen-bond donors (Lipinski definition) is 1. The Morgan fingerprint density at radius 1 is 1.09 bits per heavy atom. The molecule has 0 spiro atoms. The van der Waals surface area contributed by atoms with Gasteiger partial charge in [0, 0.05) is 29.0 Å². The highest BCUT2D eigenvalue weighted by Gasteiger charge is 2.19. The number of ether oxygens (including phenoxy) is 1. The van der Waals surface area contributed by atoms with Crippen molar-refractivity contribution in [2.45, 2.75) is 65.5 Å². The number of benzene rings is 1. The van der Waals surface area contributed by atoms with Crippen LogP contribution in [0.25, 0.3) is 11.0 Å². The highest BCUT2D eigenvalue weighted by atomic mass is 16.5. The molecular weight excluding hydrogens is 274 g/mol. The molecule has 2 rings (SSSR count). The number of nitrogens with one attached hydrogen (secondary N) is 1. The lowest BCUT2D eigenvalue weighted by Crippen LogP contribution is -2.41. The van der Waals surface area contributed by atoms with Gasteiger partial charge >= 0.3 is 0 Å². The van der Waals surface area contributed by atoms with E-state index in [0.717, 1.165) is 29.0 Å². The van der Waals surface area contributed by atoms with Crippen LogP contribution in [0.1, 0.15) is 54.2 Å². The summed E-state index contributed by atoms with van der Waals surface area (Å²) in [5.74, 6) is 1.85. The molecule has 1 unspecified atom stereocenters. The molecule has 0 radical (unpaired) electrons. The van der Waals surface area contributed by atoms with Crippen molar-refractivity contribution < 1.29 is 9.15 Å². The molecule has 3 nitrogen and oxygen atoms in total. The van der Waals surface area contributed by atoms with Crippen LogP contribution in [0.3, 0.4) is 0 Å². The minimum Gasteiger partial charge on any atom is -0.489 e. The highest BCUT2D eigenvalue weighted by molar-refractivity contribution is 5.79. The summed E-state index contributed by atoms with van der Waals surface area (Å²) in [4.78, 5) is 0. The Balaban J connectivity index is 2.09. The third kappa shape index (κ3) is 4.51. The standard InChI is InChI=1S/C19H29NO2/c1-13(12-20-19(5,6)7)21-15-9-8-14-10-17(18(2,3)4)22-16(14)11-15/h8-11,13,20H,12H2,1-7H3. The van der Waals surface area contributed by atoms with Crippen LogP contribution in [0, 0.1) is 0 Å². The van der Waals surface area contributed by atoms with Gasteiger partial charge in [0.15, 0.2) is 0 Å². The van der Waals surface area contributed by atoms with E-state index in [1.54, 1.807) is 0 Å². The quantitative estimate of drug-likeness (QED) is 0.873. The second-order valence-corrected chi connectivity index (χ2v) is 8.12. The fourth-order valence-corrected chi connectivity index (χ4v) is 2.18. The van der Waals surface area contributed by atoms with E-state index in [0.29, 0.717) is 0 Å².